The second kappa shape index (κ2) is 3.35. The highest BCUT2D eigenvalue weighted by Crippen LogP contribution is 2.40. The molecule has 0 aromatic heterocycles. The highest BCUT2D eigenvalue weighted by molar-refractivity contribution is 4.85. The van der Waals surface area contributed by atoms with Gasteiger partial charge in [0.1, 0.15) is 0 Å². The molecule has 2 fully saturated rings. The first-order valence-corrected chi connectivity index (χ1v) is 5.10. The van der Waals surface area contributed by atoms with E-state index in [1.807, 2.05) is 0 Å². The largest absolute Gasteiger partial charge is 0.352 e. The van der Waals surface area contributed by atoms with Crippen molar-refractivity contribution in [3.63, 3.8) is 0 Å². The molecular formula is C10H18O2. The summed E-state index contributed by atoms with van der Waals surface area (Å²) in [5, 5.41) is 0. The Labute approximate surface area is 74.2 Å². The SMILES string of the molecule is CCC1C(C)O[C@H]2OCCC[C@@H]12. The van der Waals surface area contributed by atoms with Crippen molar-refractivity contribution in [2.75, 3.05) is 6.61 Å². The molecule has 2 heteroatoms. The van der Waals surface area contributed by atoms with Crippen LogP contribution in [0.25, 0.3) is 0 Å². The van der Waals surface area contributed by atoms with Gasteiger partial charge in [-0.1, -0.05) is 13.3 Å². The van der Waals surface area contributed by atoms with Gasteiger partial charge in [0.15, 0.2) is 6.29 Å². The maximum Gasteiger partial charge on any atom is 0.161 e. The van der Waals surface area contributed by atoms with Crippen LogP contribution in [0, 0.1) is 11.8 Å². The van der Waals surface area contributed by atoms with Crippen LogP contribution in [0.5, 0.6) is 0 Å². The first kappa shape index (κ1) is 8.52. The zero-order chi connectivity index (χ0) is 8.55. The summed E-state index contributed by atoms with van der Waals surface area (Å²) < 4.78 is 11.3. The summed E-state index contributed by atoms with van der Waals surface area (Å²) in [4.78, 5) is 0. The third-order valence-corrected chi connectivity index (χ3v) is 3.29. The molecule has 2 saturated heterocycles. The minimum atomic E-state index is 0.124. The fourth-order valence-electron chi connectivity index (χ4n) is 2.63. The molecule has 0 amide bonds. The van der Waals surface area contributed by atoms with E-state index in [1.165, 1.54) is 19.3 Å². The predicted molar refractivity (Wildman–Crippen MR) is 46.8 cm³/mol. The molecule has 0 N–H and O–H groups in total. The molecule has 70 valence electrons. The van der Waals surface area contributed by atoms with Gasteiger partial charge in [0.05, 0.1) is 6.10 Å². The Bertz CT molecular complexity index is 158. The van der Waals surface area contributed by atoms with Crippen molar-refractivity contribution in [1.82, 2.24) is 0 Å². The van der Waals surface area contributed by atoms with Gasteiger partial charge in [-0.25, -0.2) is 0 Å². The van der Waals surface area contributed by atoms with Gasteiger partial charge in [0.2, 0.25) is 0 Å². The zero-order valence-electron chi connectivity index (χ0n) is 7.95. The average Bonchev–Trinajstić information content (AvgIpc) is 2.40. The van der Waals surface area contributed by atoms with Gasteiger partial charge in [-0.05, 0) is 25.7 Å². The zero-order valence-corrected chi connectivity index (χ0v) is 7.95. The van der Waals surface area contributed by atoms with Crippen molar-refractivity contribution >= 4 is 0 Å². The minimum Gasteiger partial charge on any atom is -0.352 e. The smallest absolute Gasteiger partial charge is 0.161 e. The molecule has 2 heterocycles. The van der Waals surface area contributed by atoms with Crippen molar-refractivity contribution in [1.29, 1.82) is 0 Å². The number of rotatable bonds is 1. The first-order valence-electron chi connectivity index (χ1n) is 5.10. The van der Waals surface area contributed by atoms with Crippen LogP contribution >= 0.6 is 0 Å². The van der Waals surface area contributed by atoms with Crippen molar-refractivity contribution in [2.24, 2.45) is 11.8 Å². The molecule has 0 radical (unpaired) electrons. The Morgan fingerprint density at radius 1 is 1.42 bits per heavy atom. The molecule has 4 atom stereocenters. The number of hydrogen-bond acceptors (Lipinski definition) is 2. The fourth-order valence-corrected chi connectivity index (χ4v) is 2.63. The quantitative estimate of drug-likeness (QED) is 0.600. The highest BCUT2D eigenvalue weighted by atomic mass is 16.7. The van der Waals surface area contributed by atoms with E-state index in [9.17, 15) is 0 Å². The molecule has 12 heavy (non-hydrogen) atoms. The van der Waals surface area contributed by atoms with E-state index in [0.29, 0.717) is 12.0 Å². The highest BCUT2D eigenvalue weighted by Gasteiger charge is 2.42. The summed E-state index contributed by atoms with van der Waals surface area (Å²) in [5.74, 6) is 1.41. The summed E-state index contributed by atoms with van der Waals surface area (Å²) in [6.07, 6.45) is 4.27. The Hall–Kier alpha value is -0.0800. The monoisotopic (exact) mass is 170 g/mol. The third kappa shape index (κ3) is 1.27. The van der Waals surface area contributed by atoms with Crippen molar-refractivity contribution < 1.29 is 9.47 Å². The molecule has 2 aliphatic heterocycles. The number of ether oxygens (including phenoxy) is 2. The number of hydrogen-bond donors (Lipinski definition) is 0. The van der Waals surface area contributed by atoms with Gasteiger partial charge in [0.25, 0.3) is 0 Å². The van der Waals surface area contributed by atoms with E-state index in [-0.39, 0.29) is 6.29 Å². The molecule has 2 rings (SSSR count). The molecular weight excluding hydrogens is 152 g/mol. The van der Waals surface area contributed by atoms with Crippen LogP contribution in [-0.2, 0) is 9.47 Å². The first-order chi connectivity index (χ1) is 5.83. The van der Waals surface area contributed by atoms with Crippen molar-refractivity contribution in [2.45, 2.75) is 45.5 Å². The van der Waals surface area contributed by atoms with Gasteiger partial charge < -0.3 is 9.47 Å². The van der Waals surface area contributed by atoms with Gasteiger partial charge in [-0.2, -0.15) is 0 Å². The Morgan fingerprint density at radius 3 is 3.00 bits per heavy atom. The maximum absolute atomic E-state index is 5.75. The van der Waals surface area contributed by atoms with E-state index in [2.05, 4.69) is 13.8 Å². The minimum absolute atomic E-state index is 0.124. The maximum atomic E-state index is 5.75. The van der Waals surface area contributed by atoms with Gasteiger partial charge in [-0.3, -0.25) is 0 Å². The van der Waals surface area contributed by atoms with Crippen molar-refractivity contribution in [3.05, 3.63) is 0 Å². The normalized spacial score (nSPS) is 47.5. The van der Waals surface area contributed by atoms with Crippen LogP contribution < -0.4 is 0 Å². The van der Waals surface area contributed by atoms with E-state index in [1.54, 1.807) is 0 Å². The lowest BCUT2D eigenvalue weighted by molar-refractivity contribution is -0.164. The van der Waals surface area contributed by atoms with Gasteiger partial charge in [0, 0.05) is 12.5 Å². The molecule has 0 aromatic carbocycles. The molecule has 0 saturated carbocycles. The Kier molecular flexibility index (Phi) is 2.37. The molecule has 0 spiro atoms. The second-order valence-corrected chi connectivity index (χ2v) is 3.96. The van der Waals surface area contributed by atoms with E-state index in [4.69, 9.17) is 9.47 Å². The van der Waals surface area contributed by atoms with Crippen LogP contribution in [-0.4, -0.2) is 19.0 Å². The molecule has 0 aromatic rings. The number of fused-ring (bicyclic) bond motifs is 1. The van der Waals surface area contributed by atoms with Crippen LogP contribution in [0.2, 0.25) is 0 Å². The van der Waals surface area contributed by atoms with E-state index >= 15 is 0 Å². The van der Waals surface area contributed by atoms with Crippen LogP contribution in [0.4, 0.5) is 0 Å². The van der Waals surface area contributed by atoms with Gasteiger partial charge in [-0.15, -0.1) is 0 Å². The van der Waals surface area contributed by atoms with E-state index in [0.717, 1.165) is 12.5 Å². The second-order valence-electron chi connectivity index (χ2n) is 3.96. The summed E-state index contributed by atoms with van der Waals surface area (Å²) in [6, 6.07) is 0. The molecule has 0 bridgehead atoms. The summed E-state index contributed by atoms with van der Waals surface area (Å²) in [6.45, 7) is 5.32. The molecule has 2 unspecified atom stereocenters. The molecule has 0 aliphatic carbocycles. The topological polar surface area (TPSA) is 18.5 Å². The van der Waals surface area contributed by atoms with Crippen molar-refractivity contribution in [3.8, 4) is 0 Å². The molecule has 2 nitrogen and oxygen atoms in total. The average molecular weight is 170 g/mol. The summed E-state index contributed by atoms with van der Waals surface area (Å²) in [5.41, 5.74) is 0. The third-order valence-electron chi connectivity index (χ3n) is 3.29. The lowest BCUT2D eigenvalue weighted by atomic mass is 9.84. The lowest BCUT2D eigenvalue weighted by Crippen LogP contribution is -2.28. The van der Waals surface area contributed by atoms with Crippen LogP contribution in [0.3, 0.4) is 0 Å². The standard InChI is InChI=1S/C10H18O2/c1-3-8-7(2)12-10-9(8)5-4-6-11-10/h7-10H,3-6H2,1-2H3/t7?,8?,9-,10+/m0/s1. The van der Waals surface area contributed by atoms with Gasteiger partial charge >= 0.3 is 0 Å². The van der Waals surface area contributed by atoms with Crippen LogP contribution in [0.1, 0.15) is 33.1 Å². The predicted octanol–water partition coefficient (Wildman–Crippen LogP) is 2.18. The van der Waals surface area contributed by atoms with Crippen LogP contribution in [0.15, 0.2) is 0 Å². The summed E-state index contributed by atoms with van der Waals surface area (Å²) in [7, 11) is 0. The summed E-state index contributed by atoms with van der Waals surface area (Å²) >= 11 is 0. The Morgan fingerprint density at radius 2 is 2.25 bits per heavy atom. The fraction of sp³-hybridized carbons (Fsp3) is 1.00. The lowest BCUT2D eigenvalue weighted by Gasteiger charge is -2.26. The Balaban J connectivity index is 2.05. The molecule has 2 aliphatic rings. The van der Waals surface area contributed by atoms with E-state index < -0.39 is 0 Å².